The molecule has 0 spiro atoms. The molecule has 0 radical (unpaired) electrons. The molecule has 1 aromatic carbocycles. The second-order valence-corrected chi connectivity index (χ2v) is 8.59. The maximum Gasteiger partial charge on any atom is 0.267 e. The zero-order chi connectivity index (χ0) is 18.8. The van der Waals surface area contributed by atoms with E-state index >= 15 is 0 Å². The summed E-state index contributed by atoms with van der Waals surface area (Å²) < 4.78 is 0. The van der Waals surface area contributed by atoms with E-state index < -0.39 is 0 Å². The van der Waals surface area contributed by atoms with Crippen molar-refractivity contribution in [1.29, 1.82) is 0 Å². The molecule has 2 amide bonds. The fourth-order valence-corrected chi connectivity index (χ4v) is 4.79. The van der Waals surface area contributed by atoms with Gasteiger partial charge in [-0.25, -0.2) is 4.98 Å². The van der Waals surface area contributed by atoms with E-state index in [1.165, 1.54) is 22.7 Å². The quantitative estimate of drug-likeness (QED) is 0.690. The number of hydrogen-bond donors (Lipinski definition) is 1. The Kier molecular flexibility index (Phi) is 5.24. The molecule has 2 aromatic heterocycles. The van der Waals surface area contributed by atoms with Gasteiger partial charge in [0.2, 0.25) is 5.91 Å². The van der Waals surface area contributed by atoms with Crippen LogP contribution in [0.3, 0.4) is 0 Å². The second-order valence-electron chi connectivity index (χ2n) is 6.15. The van der Waals surface area contributed by atoms with Crippen molar-refractivity contribution < 1.29 is 9.59 Å². The molecule has 5 nitrogen and oxygen atoms in total. The summed E-state index contributed by atoms with van der Waals surface area (Å²) in [5.74, 6) is -0.103. The minimum atomic E-state index is -0.150. The van der Waals surface area contributed by atoms with E-state index in [-0.39, 0.29) is 18.2 Å². The second kappa shape index (κ2) is 7.80. The van der Waals surface area contributed by atoms with Crippen molar-refractivity contribution in [1.82, 2.24) is 9.88 Å². The van der Waals surface area contributed by atoms with Crippen LogP contribution in [0.4, 0.5) is 5.13 Å². The van der Waals surface area contributed by atoms with Gasteiger partial charge in [-0.3, -0.25) is 14.9 Å². The van der Waals surface area contributed by atoms with Crippen LogP contribution in [0.25, 0.3) is 0 Å². The van der Waals surface area contributed by atoms with Crippen molar-refractivity contribution in [2.75, 3.05) is 11.9 Å². The highest BCUT2D eigenvalue weighted by atomic mass is 35.5. The normalized spacial score (nSPS) is 13.3. The number of thiazole rings is 1. The molecular weight excluding hydrogens is 402 g/mol. The van der Waals surface area contributed by atoms with Crippen molar-refractivity contribution in [3.8, 4) is 0 Å². The summed E-state index contributed by atoms with van der Waals surface area (Å²) in [5.41, 5.74) is 1.80. The fraction of sp³-hybridized carbons (Fsp3) is 0.211. The third kappa shape index (κ3) is 4.05. The number of carbonyl (C=O) groups excluding carboxylic acids is 2. The fourth-order valence-electron chi connectivity index (χ4n) is 2.94. The molecule has 0 saturated carbocycles. The Morgan fingerprint density at radius 3 is 2.85 bits per heavy atom. The lowest BCUT2D eigenvalue weighted by molar-refractivity contribution is -0.131. The van der Waals surface area contributed by atoms with Crippen LogP contribution in [0.5, 0.6) is 0 Å². The molecule has 3 heterocycles. The number of benzene rings is 1. The van der Waals surface area contributed by atoms with Crippen LogP contribution in [0.1, 0.15) is 25.8 Å². The topological polar surface area (TPSA) is 62.3 Å². The molecule has 8 heteroatoms. The van der Waals surface area contributed by atoms with E-state index in [1.54, 1.807) is 12.1 Å². The van der Waals surface area contributed by atoms with Crippen LogP contribution in [-0.4, -0.2) is 28.2 Å². The number of aromatic nitrogens is 1. The van der Waals surface area contributed by atoms with Crippen LogP contribution in [0, 0.1) is 0 Å². The molecule has 138 valence electrons. The van der Waals surface area contributed by atoms with Gasteiger partial charge in [-0.2, -0.15) is 0 Å². The lowest BCUT2D eigenvalue weighted by Crippen LogP contribution is -2.36. The Balaban J connectivity index is 1.42. The van der Waals surface area contributed by atoms with Gasteiger partial charge in [0.25, 0.3) is 5.91 Å². The standard InChI is InChI=1S/C19H16ClN3O2S2/c20-13-5-2-1-4-12(13)10-17(24)23-8-7-14-16(11-23)27-19(21-14)22-18(25)15-6-3-9-26-15/h1-6,9H,7-8,10-11H2,(H,21,22,25). The van der Waals surface area contributed by atoms with E-state index in [4.69, 9.17) is 11.6 Å². The smallest absolute Gasteiger partial charge is 0.267 e. The van der Waals surface area contributed by atoms with Crippen LogP contribution in [-0.2, 0) is 24.2 Å². The number of amides is 2. The first-order valence-electron chi connectivity index (χ1n) is 8.45. The first-order valence-corrected chi connectivity index (χ1v) is 10.5. The molecule has 0 fully saturated rings. The Hall–Kier alpha value is -2.22. The number of nitrogens with zero attached hydrogens (tertiary/aromatic N) is 2. The van der Waals surface area contributed by atoms with E-state index in [0.29, 0.717) is 34.5 Å². The predicted octanol–water partition coefficient (Wildman–Crippen LogP) is 4.24. The van der Waals surface area contributed by atoms with Gasteiger partial charge < -0.3 is 4.90 Å². The summed E-state index contributed by atoms with van der Waals surface area (Å²) in [6, 6.07) is 11.0. The van der Waals surface area contributed by atoms with E-state index in [1.807, 2.05) is 34.5 Å². The highest BCUT2D eigenvalue weighted by molar-refractivity contribution is 7.16. The minimum absolute atomic E-state index is 0.0475. The van der Waals surface area contributed by atoms with Crippen molar-refractivity contribution in [3.63, 3.8) is 0 Å². The third-order valence-corrected chi connectivity index (χ3v) is 6.58. The minimum Gasteiger partial charge on any atom is -0.337 e. The maximum atomic E-state index is 12.7. The molecule has 0 aliphatic carbocycles. The van der Waals surface area contributed by atoms with Crippen LogP contribution < -0.4 is 5.32 Å². The Bertz CT molecular complexity index is 985. The summed E-state index contributed by atoms with van der Waals surface area (Å²) in [6.45, 7) is 1.14. The van der Waals surface area contributed by atoms with Gasteiger partial charge in [0, 0.05) is 22.9 Å². The summed E-state index contributed by atoms with van der Waals surface area (Å²) in [6.07, 6.45) is 0.977. The maximum absolute atomic E-state index is 12.7. The van der Waals surface area contributed by atoms with Gasteiger partial charge in [-0.1, -0.05) is 47.2 Å². The number of thiophene rings is 1. The summed E-state index contributed by atoms with van der Waals surface area (Å²) in [5, 5.41) is 5.91. The van der Waals surface area contributed by atoms with Crippen LogP contribution >= 0.6 is 34.3 Å². The first-order chi connectivity index (χ1) is 13.1. The lowest BCUT2D eigenvalue weighted by Gasteiger charge is -2.26. The van der Waals surface area contributed by atoms with Gasteiger partial charge in [-0.15, -0.1) is 11.3 Å². The van der Waals surface area contributed by atoms with Gasteiger partial charge in [0.1, 0.15) is 0 Å². The molecule has 1 aliphatic heterocycles. The zero-order valence-electron chi connectivity index (χ0n) is 14.3. The van der Waals surface area contributed by atoms with Gasteiger partial charge in [0.15, 0.2) is 5.13 Å². The van der Waals surface area contributed by atoms with Crippen LogP contribution in [0.15, 0.2) is 41.8 Å². The molecular formula is C19H16ClN3O2S2. The SMILES string of the molecule is O=C(Nc1nc2c(s1)CN(C(=O)Cc1ccccc1Cl)CC2)c1cccs1. The third-order valence-electron chi connectivity index (χ3n) is 4.35. The number of rotatable bonds is 4. The van der Waals surface area contributed by atoms with Crippen LogP contribution in [0.2, 0.25) is 5.02 Å². The Morgan fingerprint density at radius 1 is 1.22 bits per heavy atom. The zero-order valence-corrected chi connectivity index (χ0v) is 16.7. The average Bonchev–Trinajstić information content (AvgIpc) is 3.32. The molecule has 0 bridgehead atoms. The van der Waals surface area contributed by atoms with Gasteiger partial charge in [-0.05, 0) is 23.1 Å². The van der Waals surface area contributed by atoms with Crippen molar-refractivity contribution in [2.24, 2.45) is 0 Å². The highest BCUT2D eigenvalue weighted by Crippen LogP contribution is 2.29. The highest BCUT2D eigenvalue weighted by Gasteiger charge is 2.25. The number of hydrogen-bond acceptors (Lipinski definition) is 5. The molecule has 3 aromatic rings. The Morgan fingerprint density at radius 2 is 2.07 bits per heavy atom. The number of halogens is 1. The largest absolute Gasteiger partial charge is 0.337 e. The molecule has 27 heavy (non-hydrogen) atoms. The number of nitrogens with one attached hydrogen (secondary N) is 1. The number of carbonyl (C=O) groups is 2. The number of anilines is 1. The van der Waals surface area contributed by atoms with Crippen molar-refractivity contribution >= 4 is 51.2 Å². The predicted molar refractivity (Wildman–Crippen MR) is 109 cm³/mol. The summed E-state index contributed by atoms with van der Waals surface area (Å²) >= 11 is 8.99. The van der Waals surface area contributed by atoms with E-state index in [0.717, 1.165) is 16.1 Å². The van der Waals surface area contributed by atoms with Gasteiger partial charge >= 0.3 is 0 Å². The molecule has 0 saturated heterocycles. The molecule has 1 N–H and O–H groups in total. The average molecular weight is 418 g/mol. The summed E-state index contributed by atoms with van der Waals surface area (Å²) in [7, 11) is 0. The van der Waals surface area contributed by atoms with Crippen molar-refractivity contribution in [2.45, 2.75) is 19.4 Å². The first kappa shape index (κ1) is 18.2. The Labute approximate surface area is 169 Å². The lowest BCUT2D eigenvalue weighted by atomic mass is 10.1. The molecule has 1 aliphatic rings. The monoisotopic (exact) mass is 417 g/mol. The molecule has 0 unspecified atom stereocenters. The van der Waals surface area contributed by atoms with E-state index in [2.05, 4.69) is 10.3 Å². The van der Waals surface area contributed by atoms with Crippen molar-refractivity contribution in [3.05, 3.63) is 67.8 Å². The molecule has 0 atom stereocenters. The van der Waals surface area contributed by atoms with Gasteiger partial charge in [0.05, 0.1) is 23.5 Å². The summed E-state index contributed by atoms with van der Waals surface area (Å²) in [4.78, 5) is 32.9. The number of fused-ring (bicyclic) bond motifs is 1. The van der Waals surface area contributed by atoms with E-state index in [9.17, 15) is 9.59 Å². The molecule has 4 rings (SSSR count).